The van der Waals surface area contributed by atoms with E-state index in [-0.39, 0.29) is 30.3 Å². The second-order valence-electron chi connectivity index (χ2n) is 6.94. The average Bonchev–Trinajstić information content (AvgIpc) is 2.92. The van der Waals surface area contributed by atoms with E-state index >= 15 is 0 Å². The number of nitrogens with one attached hydrogen (secondary N) is 1. The topological polar surface area (TPSA) is 95.5 Å². The Hall–Kier alpha value is -1.90. The fourth-order valence-corrected chi connectivity index (χ4v) is 5.28. The molecule has 1 N–H and O–H groups in total. The zero-order chi connectivity index (χ0) is 17.6. The molecule has 1 saturated heterocycles. The fourth-order valence-electron chi connectivity index (χ4n) is 3.29. The number of nitrogens with zero attached hydrogens (tertiary/aromatic N) is 4. The zero-order valence-electron chi connectivity index (χ0n) is 14.4. The molecule has 9 heteroatoms. The molecule has 8 nitrogen and oxygen atoms in total. The molecular formula is C15H23N5O3S. The van der Waals surface area contributed by atoms with Gasteiger partial charge in [-0.05, 0) is 13.8 Å². The van der Waals surface area contributed by atoms with Crippen molar-refractivity contribution >= 4 is 21.8 Å². The first-order valence-corrected chi connectivity index (χ1v) is 9.70. The minimum Gasteiger partial charge on any atom is -0.347 e. The highest BCUT2D eigenvalue weighted by atomic mass is 32.2. The van der Waals surface area contributed by atoms with Crippen LogP contribution in [0.25, 0.3) is 0 Å². The first-order chi connectivity index (χ1) is 11.2. The number of anilines is 1. The molecule has 2 amide bonds. The van der Waals surface area contributed by atoms with Gasteiger partial charge in [0.2, 0.25) is 5.95 Å². The number of rotatable bonds is 2. The van der Waals surface area contributed by atoms with Crippen molar-refractivity contribution in [2.75, 3.05) is 32.1 Å². The molecule has 0 bridgehead atoms. The largest absolute Gasteiger partial charge is 0.347 e. The highest BCUT2D eigenvalue weighted by Gasteiger charge is 2.48. The molecule has 2 aliphatic heterocycles. The van der Waals surface area contributed by atoms with Crippen molar-refractivity contribution in [1.82, 2.24) is 20.2 Å². The van der Waals surface area contributed by atoms with Gasteiger partial charge >= 0.3 is 6.03 Å². The van der Waals surface area contributed by atoms with Crippen LogP contribution in [0.15, 0.2) is 6.20 Å². The Kier molecular flexibility index (Phi) is 4.15. The molecule has 1 aromatic heterocycles. The third-order valence-electron chi connectivity index (χ3n) is 4.42. The number of amides is 2. The summed E-state index contributed by atoms with van der Waals surface area (Å²) in [6.45, 7) is 4.33. The number of urea groups is 1. The summed E-state index contributed by atoms with van der Waals surface area (Å²) in [4.78, 5) is 24.4. The highest BCUT2D eigenvalue weighted by molar-refractivity contribution is 7.91. The summed E-state index contributed by atoms with van der Waals surface area (Å²) in [6.07, 6.45) is 1.60. The lowest BCUT2D eigenvalue weighted by Gasteiger charge is -2.26. The molecule has 3 rings (SSSR count). The van der Waals surface area contributed by atoms with Gasteiger partial charge in [-0.25, -0.2) is 23.2 Å². The Labute approximate surface area is 142 Å². The van der Waals surface area contributed by atoms with Crippen molar-refractivity contribution in [1.29, 1.82) is 0 Å². The maximum atomic E-state index is 12.6. The minimum absolute atomic E-state index is 0.00619. The van der Waals surface area contributed by atoms with Crippen molar-refractivity contribution in [3.63, 3.8) is 0 Å². The number of aromatic nitrogens is 2. The summed E-state index contributed by atoms with van der Waals surface area (Å²) in [7, 11) is 0.369. The van der Waals surface area contributed by atoms with Gasteiger partial charge in [0.05, 0.1) is 16.7 Å². The predicted octanol–water partition coefficient (Wildman–Crippen LogP) is 0.357. The lowest BCUT2D eigenvalue weighted by atomic mass is 10.00. The average molecular weight is 353 g/mol. The second kappa shape index (κ2) is 5.87. The molecule has 2 atom stereocenters. The summed E-state index contributed by atoms with van der Waals surface area (Å²) in [5.41, 5.74) is 1.40. The molecule has 0 aliphatic carbocycles. The molecule has 1 aromatic rings. The molecule has 0 radical (unpaired) electrons. The Bertz CT molecular complexity index is 762. The molecule has 0 saturated carbocycles. The maximum absolute atomic E-state index is 12.6. The standard InChI is InChI=1S/C15H23N5O3S/c1-9(2)17-15(21)20-6-11-12(7-20)24(22,23)8-10-5-16-14(19(3)4)18-13(10)11/h5,9,11-12H,6-8H2,1-4H3,(H,17,21)/t11-,12+/m0/s1. The summed E-state index contributed by atoms with van der Waals surface area (Å²) < 4.78 is 25.2. The molecule has 0 spiro atoms. The lowest BCUT2D eigenvalue weighted by molar-refractivity contribution is 0.205. The third-order valence-corrected chi connectivity index (χ3v) is 6.53. The SMILES string of the molecule is CC(C)NC(=O)N1C[C@@H]2c3nc(N(C)C)ncc3CS(=O)(=O)[C@@H]2C1. The van der Waals surface area contributed by atoms with Gasteiger partial charge in [-0.1, -0.05) is 0 Å². The first kappa shape index (κ1) is 16.9. The quantitative estimate of drug-likeness (QED) is 0.825. The van der Waals surface area contributed by atoms with Crippen LogP contribution in [0.2, 0.25) is 0 Å². The number of fused-ring (bicyclic) bond motifs is 3. The smallest absolute Gasteiger partial charge is 0.317 e. The molecule has 132 valence electrons. The molecule has 0 unspecified atom stereocenters. The molecule has 3 heterocycles. The molecular weight excluding hydrogens is 330 g/mol. The highest BCUT2D eigenvalue weighted by Crippen LogP contribution is 2.39. The lowest BCUT2D eigenvalue weighted by Crippen LogP contribution is -2.42. The third kappa shape index (κ3) is 2.92. The van der Waals surface area contributed by atoms with Crippen LogP contribution in [0.3, 0.4) is 0 Å². The van der Waals surface area contributed by atoms with Crippen LogP contribution in [0.1, 0.15) is 31.0 Å². The van der Waals surface area contributed by atoms with Crippen LogP contribution in [0.4, 0.5) is 10.7 Å². The van der Waals surface area contributed by atoms with E-state index in [0.29, 0.717) is 18.1 Å². The van der Waals surface area contributed by atoms with Gasteiger partial charge in [0.25, 0.3) is 0 Å². The second-order valence-corrected chi connectivity index (χ2v) is 9.16. The van der Waals surface area contributed by atoms with E-state index in [1.165, 1.54) is 0 Å². The predicted molar refractivity (Wildman–Crippen MR) is 90.8 cm³/mol. The Morgan fingerprint density at radius 3 is 2.71 bits per heavy atom. The van der Waals surface area contributed by atoms with Crippen LogP contribution in [-0.2, 0) is 15.6 Å². The van der Waals surface area contributed by atoms with E-state index < -0.39 is 15.1 Å². The molecule has 24 heavy (non-hydrogen) atoms. The summed E-state index contributed by atoms with van der Waals surface area (Å²) >= 11 is 0. The Balaban J connectivity index is 1.96. The van der Waals surface area contributed by atoms with Gasteiger partial charge in [0, 0.05) is 50.9 Å². The normalized spacial score (nSPS) is 24.5. The fraction of sp³-hybridized carbons (Fsp3) is 0.667. The van der Waals surface area contributed by atoms with Crippen LogP contribution < -0.4 is 10.2 Å². The van der Waals surface area contributed by atoms with Gasteiger partial charge in [0.15, 0.2) is 9.84 Å². The maximum Gasteiger partial charge on any atom is 0.317 e. The Morgan fingerprint density at radius 2 is 2.08 bits per heavy atom. The van der Waals surface area contributed by atoms with Gasteiger partial charge in [-0.15, -0.1) is 0 Å². The van der Waals surface area contributed by atoms with Crippen molar-refractivity contribution in [2.45, 2.75) is 36.8 Å². The van der Waals surface area contributed by atoms with E-state index in [1.807, 2.05) is 27.9 Å². The van der Waals surface area contributed by atoms with Gasteiger partial charge < -0.3 is 15.1 Å². The van der Waals surface area contributed by atoms with Crippen LogP contribution in [-0.4, -0.2) is 67.8 Å². The summed E-state index contributed by atoms with van der Waals surface area (Å²) in [5, 5.41) is 2.24. The summed E-state index contributed by atoms with van der Waals surface area (Å²) in [5.74, 6) is 0.201. The van der Waals surface area contributed by atoms with Gasteiger partial charge in [0.1, 0.15) is 0 Å². The van der Waals surface area contributed by atoms with Crippen molar-refractivity contribution < 1.29 is 13.2 Å². The number of hydrogen-bond donors (Lipinski definition) is 1. The van der Waals surface area contributed by atoms with Crippen molar-refractivity contribution in [3.05, 3.63) is 17.5 Å². The van der Waals surface area contributed by atoms with Crippen molar-refractivity contribution in [3.8, 4) is 0 Å². The zero-order valence-corrected chi connectivity index (χ0v) is 15.2. The monoisotopic (exact) mass is 353 g/mol. The van der Waals surface area contributed by atoms with Crippen LogP contribution >= 0.6 is 0 Å². The van der Waals surface area contributed by atoms with E-state index in [4.69, 9.17) is 0 Å². The van der Waals surface area contributed by atoms with E-state index in [0.717, 1.165) is 5.69 Å². The number of likely N-dealkylation sites (tertiary alicyclic amines) is 1. The van der Waals surface area contributed by atoms with E-state index in [1.54, 1.807) is 16.0 Å². The van der Waals surface area contributed by atoms with Crippen LogP contribution in [0, 0.1) is 0 Å². The molecule has 0 aromatic carbocycles. The van der Waals surface area contributed by atoms with E-state index in [2.05, 4.69) is 15.3 Å². The number of sulfone groups is 1. The number of carbonyl (C=O) groups excluding carboxylic acids is 1. The first-order valence-electron chi connectivity index (χ1n) is 7.99. The van der Waals surface area contributed by atoms with Gasteiger partial charge in [-0.3, -0.25) is 0 Å². The van der Waals surface area contributed by atoms with Crippen molar-refractivity contribution in [2.24, 2.45) is 0 Å². The Morgan fingerprint density at radius 1 is 1.38 bits per heavy atom. The van der Waals surface area contributed by atoms with Gasteiger partial charge in [-0.2, -0.15) is 0 Å². The minimum atomic E-state index is -3.32. The van der Waals surface area contributed by atoms with Crippen LogP contribution in [0.5, 0.6) is 0 Å². The van der Waals surface area contributed by atoms with E-state index in [9.17, 15) is 13.2 Å². The molecule has 2 aliphatic rings. The number of hydrogen-bond acceptors (Lipinski definition) is 6. The summed E-state index contributed by atoms with van der Waals surface area (Å²) in [6, 6.07) is -0.218. The number of carbonyl (C=O) groups is 1. The molecule has 1 fully saturated rings.